The van der Waals surface area contributed by atoms with Gasteiger partial charge in [-0.3, -0.25) is 0 Å². The summed E-state index contributed by atoms with van der Waals surface area (Å²) in [7, 11) is 0. The minimum atomic E-state index is -0.266. The second-order valence-electron chi connectivity index (χ2n) is 4.93. The fourth-order valence-electron chi connectivity index (χ4n) is 2.04. The van der Waals surface area contributed by atoms with E-state index >= 15 is 0 Å². The van der Waals surface area contributed by atoms with E-state index in [1.807, 2.05) is 27.7 Å². The summed E-state index contributed by atoms with van der Waals surface area (Å²) in [5.41, 5.74) is 2.62. The molecule has 0 amide bonds. The highest BCUT2D eigenvalue weighted by Crippen LogP contribution is 2.26. The van der Waals surface area contributed by atoms with E-state index in [0.29, 0.717) is 5.82 Å². The molecule has 0 radical (unpaired) electrons. The van der Waals surface area contributed by atoms with Gasteiger partial charge >= 0.3 is 0 Å². The van der Waals surface area contributed by atoms with Gasteiger partial charge in [-0.2, -0.15) is 0 Å². The number of nitrogens with zero attached hydrogens (tertiary/aromatic N) is 2. The first-order chi connectivity index (χ1) is 10.0. The summed E-state index contributed by atoms with van der Waals surface area (Å²) < 4.78 is 13.4. The molecule has 0 spiro atoms. The van der Waals surface area contributed by atoms with Crippen molar-refractivity contribution in [1.82, 2.24) is 9.97 Å². The van der Waals surface area contributed by atoms with Gasteiger partial charge in [0.2, 0.25) is 0 Å². The maximum absolute atomic E-state index is 13.4. The average molecular weight is 288 g/mol. The number of nitrogens with one attached hydrogen (secondary N) is 2. The van der Waals surface area contributed by atoms with Crippen molar-refractivity contribution in [1.29, 1.82) is 0 Å². The molecule has 2 aromatic rings. The van der Waals surface area contributed by atoms with Crippen LogP contribution in [0.2, 0.25) is 0 Å². The molecule has 0 saturated heterocycles. The van der Waals surface area contributed by atoms with Crippen molar-refractivity contribution in [3.8, 4) is 0 Å². The van der Waals surface area contributed by atoms with Crippen molar-refractivity contribution in [3.05, 3.63) is 41.0 Å². The Kier molecular flexibility index (Phi) is 4.73. The first-order valence-electron chi connectivity index (χ1n) is 7.19. The zero-order valence-electron chi connectivity index (χ0n) is 12.9. The molecule has 5 heteroatoms. The number of anilines is 3. The molecular weight excluding hydrogens is 267 g/mol. The fraction of sp³-hybridized carbons (Fsp3) is 0.375. The quantitative estimate of drug-likeness (QED) is 0.874. The predicted octanol–water partition coefficient (Wildman–Crippen LogP) is 3.97. The van der Waals surface area contributed by atoms with Crippen LogP contribution in [-0.4, -0.2) is 16.5 Å². The first kappa shape index (κ1) is 15.2. The van der Waals surface area contributed by atoms with Gasteiger partial charge in [0.05, 0.1) is 0 Å². The summed E-state index contributed by atoms with van der Waals surface area (Å²) >= 11 is 0. The summed E-state index contributed by atoms with van der Waals surface area (Å²) in [5, 5.41) is 6.46. The van der Waals surface area contributed by atoms with E-state index in [9.17, 15) is 4.39 Å². The van der Waals surface area contributed by atoms with Crippen LogP contribution in [0.1, 0.15) is 30.8 Å². The normalized spacial score (nSPS) is 10.5. The molecule has 4 nitrogen and oxygen atoms in total. The molecule has 1 heterocycles. The Labute approximate surface area is 124 Å². The van der Waals surface area contributed by atoms with Gasteiger partial charge in [-0.25, -0.2) is 14.4 Å². The number of hydrogen-bond acceptors (Lipinski definition) is 4. The van der Waals surface area contributed by atoms with Crippen LogP contribution in [0.25, 0.3) is 0 Å². The molecule has 0 unspecified atom stereocenters. The number of aryl methyl sites for hydroxylation is 2. The molecule has 2 N–H and O–H groups in total. The van der Waals surface area contributed by atoms with E-state index in [-0.39, 0.29) is 5.82 Å². The highest BCUT2D eigenvalue weighted by molar-refractivity contribution is 5.66. The molecule has 21 heavy (non-hydrogen) atoms. The molecular formula is C16H21FN4. The van der Waals surface area contributed by atoms with E-state index in [2.05, 4.69) is 20.6 Å². The van der Waals surface area contributed by atoms with Gasteiger partial charge in [0.25, 0.3) is 0 Å². The second kappa shape index (κ2) is 6.52. The lowest BCUT2D eigenvalue weighted by Crippen LogP contribution is -2.09. The topological polar surface area (TPSA) is 49.8 Å². The minimum absolute atomic E-state index is 0.266. The number of hydrogen-bond donors (Lipinski definition) is 2. The Balaban J connectivity index is 2.43. The molecule has 0 aliphatic heterocycles. The Hall–Kier alpha value is -2.17. The van der Waals surface area contributed by atoms with Crippen LogP contribution in [0.15, 0.2) is 18.2 Å². The van der Waals surface area contributed by atoms with E-state index in [1.54, 1.807) is 6.07 Å². The number of benzene rings is 1. The maximum Gasteiger partial charge on any atom is 0.139 e. The van der Waals surface area contributed by atoms with Crippen LogP contribution in [-0.2, 0) is 6.42 Å². The molecule has 1 aromatic heterocycles. The summed E-state index contributed by atoms with van der Waals surface area (Å²) in [6.45, 7) is 8.71. The molecule has 2 rings (SSSR count). The highest BCUT2D eigenvalue weighted by Gasteiger charge is 2.11. The number of aromatic nitrogens is 2. The lowest BCUT2D eigenvalue weighted by Gasteiger charge is -2.15. The van der Waals surface area contributed by atoms with E-state index in [4.69, 9.17) is 0 Å². The van der Waals surface area contributed by atoms with Gasteiger partial charge in [-0.1, -0.05) is 13.0 Å². The lowest BCUT2D eigenvalue weighted by atomic mass is 10.2. The molecule has 0 saturated carbocycles. The van der Waals surface area contributed by atoms with Gasteiger partial charge < -0.3 is 10.6 Å². The fourth-order valence-corrected chi connectivity index (χ4v) is 2.04. The van der Waals surface area contributed by atoms with Crippen molar-refractivity contribution in [2.45, 2.75) is 34.1 Å². The Bertz CT molecular complexity index is 640. The zero-order chi connectivity index (χ0) is 15.4. The van der Waals surface area contributed by atoms with E-state index < -0.39 is 0 Å². The van der Waals surface area contributed by atoms with Crippen LogP contribution < -0.4 is 10.6 Å². The first-order valence-corrected chi connectivity index (χ1v) is 7.19. The smallest absolute Gasteiger partial charge is 0.139 e. The SMILES string of the molecule is CCNc1nc(CC)nc(Nc2cc(F)ccc2C)c1C. The van der Waals surface area contributed by atoms with Gasteiger partial charge in [0.1, 0.15) is 23.3 Å². The third-order valence-electron chi connectivity index (χ3n) is 3.31. The zero-order valence-corrected chi connectivity index (χ0v) is 12.9. The summed E-state index contributed by atoms with van der Waals surface area (Å²) in [5.74, 6) is 2.03. The van der Waals surface area contributed by atoms with E-state index in [1.165, 1.54) is 12.1 Å². The van der Waals surface area contributed by atoms with Crippen molar-refractivity contribution < 1.29 is 4.39 Å². The molecule has 0 aliphatic rings. The van der Waals surface area contributed by atoms with Gasteiger partial charge in [0.15, 0.2) is 0 Å². The average Bonchev–Trinajstić information content (AvgIpc) is 2.47. The number of halogens is 1. The Morgan fingerprint density at radius 3 is 2.48 bits per heavy atom. The van der Waals surface area contributed by atoms with Crippen molar-refractivity contribution >= 4 is 17.3 Å². The van der Waals surface area contributed by atoms with Gasteiger partial charge in [-0.15, -0.1) is 0 Å². The monoisotopic (exact) mass is 288 g/mol. The van der Waals surface area contributed by atoms with E-state index in [0.717, 1.165) is 41.4 Å². The van der Waals surface area contributed by atoms with Crippen molar-refractivity contribution in [2.24, 2.45) is 0 Å². The Morgan fingerprint density at radius 1 is 1.10 bits per heavy atom. The van der Waals surface area contributed by atoms with Gasteiger partial charge in [-0.05, 0) is 38.5 Å². The van der Waals surface area contributed by atoms with Crippen LogP contribution >= 0.6 is 0 Å². The third-order valence-corrected chi connectivity index (χ3v) is 3.31. The van der Waals surface area contributed by atoms with Gasteiger partial charge in [0, 0.05) is 24.2 Å². The number of rotatable bonds is 5. The third kappa shape index (κ3) is 3.48. The standard InChI is InChI=1S/C16H21FN4/c1-5-14-20-15(18-6-2)11(4)16(21-14)19-13-9-12(17)8-7-10(13)3/h7-9H,5-6H2,1-4H3,(H2,18,19,20,21). The van der Waals surface area contributed by atoms with Crippen molar-refractivity contribution in [2.75, 3.05) is 17.2 Å². The Morgan fingerprint density at radius 2 is 1.81 bits per heavy atom. The molecule has 1 aromatic carbocycles. The minimum Gasteiger partial charge on any atom is -0.370 e. The van der Waals surface area contributed by atoms with Crippen LogP contribution in [0.4, 0.5) is 21.7 Å². The maximum atomic E-state index is 13.4. The lowest BCUT2D eigenvalue weighted by molar-refractivity contribution is 0.628. The highest BCUT2D eigenvalue weighted by atomic mass is 19.1. The predicted molar refractivity (Wildman–Crippen MR) is 84.7 cm³/mol. The molecule has 0 aliphatic carbocycles. The van der Waals surface area contributed by atoms with Crippen LogP contribution in [0, 0.1) is 19.7 Å². The molecule has 0 bridgehead atoms. The summed E-state index contributed by atoms with van der Waals surface area (Å²) in [6, 6.07) is 4.68. The molecule has 112 valence electrons. The summed E-state index contributed by atoms with van der Waals surface area (Å²) in [6.07, 6.45) is 0.746. The van der Waals surface area contributed by atoms with Crippen LogP contribution in [0.5, 0.6) is 0 Å². The second-order valence-corrected chi connectivity index (χ2v) is 4.93. The summed E-state index contributed by atoms with van der Waals surface area (Å²) in [4.78, 5) is 9.00. The van der Waals surface area contributed by atoms with Crippen LogP contribution in [0.3, 0.4) is 0 Å². The largest absolute Gasteiger partial charge is 0.370 e. The molecule has 0 fully saturated rings. The van der Waals surface area contributed by atoms with Crippen molar-refractivity contribution in [3.63, 3.8) is 0 Å². The molecule has 0 atom stereocenters.